The summed E-state index contributed by atoms with van der Waals surface area (Å²) in [5, 5.41) is 9.97. The van der Waals surface area contributed by atoms with Crippen LogP contribution in [-0.2, 0) is 17.8 Å². The van der Waals surface area contributed by atoms with Gasteiger partial charge in [0.15, 0.2) is 0 Å². The zero-order valence-corrected chi connectivity index (χ0v) is 14.2. The highest BCUT2D eigenvalue weighted by atomic mass is 16.5. The van der Waals surface area contributed by atoms with Crippen LogP contribution in [0.4, 0.5) is 0 Å². The van der Waals surface area contributed by atoms with E-state index in [-0.39, 0.29) is 6.10 Å². The van der Waals surface area contributed by atoms with Crippen molar-refractivity contribution in [3.05, 3.63) is 59.9 Å². The molecule has 4 heteroatoms. The zero-order valence-electron chi connectivity index (χ0n) is 14.2. The first-order valence-electron chi connectivity index (χ1n) is 8.30. The molecular weight excluding hydrogens is 288 g/mol. The van der Waals surface area contributed by atoms with E-state index < -0.39 is 0 Å². The molecule has 1 N–H and O–H groups in total. The molecule has 0 saturated heterocycles. The number of methoxy groups -OCH3 is 1. The second-order valence-electron chi connectivity index (χ2n) is 5.90. The summed E-state index contributed by atoms with van der Waals surface area (Å²) < 4.78 is 7.47. The minimum Gasteiger partial charge on any atom is -0.392 e. The van der Waals surface area contributed by atoms with Crippen LogP contribution in [0.15, 0.2) is 48.7 Å². The van der Waals surface area contributed by atoms with Crippen molar-refractivity contribution >= 4 is 0 Å². The molecular formula is C19H28N2O2. The molecule has 23 heavy (non-hydrogen) atoms. The van der Waals surface area contributed by atoms with E-state index in [1.807, 2.05) is 13.0 Å². The maximum absolute atomic E-state index is 9.97. The Morgan fingerprint density at radius 3 is 2.65 bits per heavy atom. The van der Waals surface area contributed by atoms with Crippen molar-refractivity contribution < 1.29 is 9.84 Å². The molecule has 1 aromatic carbocycles. The van der Waals surface area contributed by atoms with Gasteiger partial charge in [-0.3, -0.25) is 4.90 Å². The van der Waals surface area contributed by atoms with E-state index in [1.54, 1.807) is 7.11 Å². The van der Waals surface area contributed by atoms with Crippen molar-refractivity contribution in [2.45, 2.75) is 32.5 Å². The third kappa shape index (κ3) is 5.82. The molecule has 126 valence electrons. The van der Waals surface area contributed by atoms with Gasteiger partial charge in [-0.05, 0) is 24.1 Å². The maximum Gasteiger partial charge on any atom is 0.0664 e. The van der Waals surface area contributed by atoms with Crippen molar-refractivity contribution in [3.63, 3.8) is 0 Å². The molecule has 1 aromatic heterocycles. The molecule has 2 rings (SSSR count). The fraction of sp³-hybridized carbons (Fsp3) is 0.474. The van der Waals surface area contributed by atoms with Crippen LogP contribution in [0.1, 0.15) is 24.6 Å². The number of aliphatic hydroxyl groups is 1. The van der Waals surface area contributed by atoms with Gasteiger partial charge in [-0.1, -0.05) is 37.3 Å². The number of hydrogen-bond donors (Lipinski definition) is 1. The summed E-state index contributed by atoms with van der Waals surface area (Å²) in [4.78, 5) is 2.26. The van der Waals surface area contributed by atoms with E-state index in [9.17, 15) is 5.11 Å². The van der Waals surface area contributed by atoms with Gasteiger partial charge in [0.25, 0.3) is 0 Å². The van der Waals surface area contributed by atoms with Gasteiger partial charge in [0, 0.05) is 45.2 Å². The summed E-state index contributed by atoms with van der Waals surface area (Å²) in [6.45, 7) is 5.88. The summed E-state index contributed by atoms with van der Waals surface area (Å²) in [5.74, 6) is 0. The second-order valence-corrected chi connectivity index (χ2v) is 5.90. The quantitative estimate of drug-likeness (QED) is 0.732. The maximum atomic E-state index is 9.97. The predicted octanol–water partition coefficient (Wildman–Crippen LogP) is 2.76. The number of ether oxygens (including phenoxy) is 1. The van der Waals surface area contributed by atoms with Crippen LogP contribution in [0.5, 0.6) is 0 Å². The predicted molar refractivity (Wildman–Crippen MR) is 93.4 cm³/mol. The number of benzene rings is 1. The minimum atomic E-state index is -0.288. The molecule has 0 spiro atoms. The van der Waals surface area contributed by atoms with Crippen LogP contribution in [0.2, 0.25) is 0 Å². The summed E-state index contributed by atoms with van der Waals surface area (Å²) in [6.07, 6.45) is 2.60. The monoisotopic (exact) mass is 316 g/mol. The molecule has 1 atom stereocenters. The lowest BCUT2D eigenvalue weighted by Crippen LogP contribution is -2.34. The molecule has 0 amide bonds. The Morgan fingerprint density at radius 1 is 1.17 bits per heavy atom. The SMILES string of the molecule is CCC(O)CN(CCOC)Cc1cccn1Cc1ccccc1. The molecule has 0 bridgehead atoms. The highest BCUT2D eigenvalue weighted by Gasteiger charge is 2.13. The third-order valence-electron chi connectivity index (χ3n) is 4.06. The average molecular weight is 316 g/mol. The van der Waals surface area contributed by atoms with Crippen LogP contribution < -0.4 is 0 Å². The van der Waals surface area contributed by atoms with Crippen LogP contribution >= 0.6 is 0 Å². The van der Waals surface area contributed by atoms with Gasteiger partial charge in [0.2, 0.25) is 0 Å². The first-order valence-corrected chi connectivity index (χ1v) is 8.30. The number of nitrogens with zero attached hydrogens (tertiary/aromatic N) is 2. The van der Waals surface area contributed by atoms with Crippen LogP contribution in [0, 0.1) is 0 Å². The molecule has 0 saturated carbocycles. The largest absolute Gasteiger partial charge is 0.392 e. The van der Waals surface area contributed by atoms with E-state index in [0.29, 0.717) is 13.2 Å². The normalized spacial score (nSPS) is 12.7. The minimum absolute atomic E-state index is 0.288. The Bertz CT molecular complexity index is 554. The molecule has 1 heterocycles. The van der Waals surface area contributed by atoms with Crippen LogP contribution in [-0.4, -0.2) is 47.5 Å². The smallest absolute Gasteiger partial charge is 0.0664 e. The van der Waals surface area contributed by atoms with E-state index >= 15 is 0 Å². The van der Waals surface area contributed by atoms with Gasteiger partial charge in [-0.25, -0.2) is 0 Å². The molecule has 0 aliphatic rings. The number of aliphatic hydroxyl groups excluding tert-OH is 1. The summed E-state index contributed by atoms with van der Waals surface area (Å²) in [7, 11) is 1.71. The second kappa shape index (κ2) is 9.50. The first-order chi connectivity index (χ1) is 11.2. The summed E-state index contributed by atoms with van der Waals surface area (Å²) in [5.41, 5.74) is 2.55. The number of aromatic nitrogens is 1. The zero-order chi connectivity index (χ0) is 16.5. The van der Waals surface area contributed by atoms with Gasteiger partial charge in [-0.15, -0.1) is 0 Å². The van der Waals surface area contributed by atoms with Crippen molar-refractivity contribution in [2.24, 2.45) is 0 Å². The molecule has 0 aliphatic carbocycles. The Hall–Kier alpha value is -1.62. The van der Waals surface area contributed by atoms with E-state index in [4.69, 9.17) is 4.74 Å². The highest BCUT2D eigenvalue weighted by Crippen LogP contribution is 2.11. The number of rotatable bonds is 10. The summed E-state index contributed by atoms with van der Waals surface area (Å²) >= 11 is 0. The van der Waals surface area contributed by atoms with Gasteiger partial charge >= 0.3 is 0 Å². The molecule has 2 aromatic rings. The topological polar surface area (TPSA) is 37.6 Å². The van der Waals surface area contributed by atoms with E-state index in [0.717, 1.165) is 26.1 Å². The average Bonchev–Trinajstić information content (AvgIpc) is 3.00. The van der Waals surface area contributed by atoms with Crippen LogP contribution in [0.25, 0.3) is 0 Å². The molecule has 1 unspecified atom stereocenters. The summed E-state index contributed by atoms with van der Waals surface area (Å²) in [6, 6.07) is 14.7. The van der Waals surface area contributed by atoms with Crippen molar-refractivity contribution in [1.82, 2.24) is 9.47 Å². The van der Waals surface area contributed by atoms with Gasteiger partial charge in [0.1, 0.15) is 0 Å². The van der Waals surface area contributed by atoms with Gasteiger partial charge in [-0.2, -0.15) is 0 Å². The van der Waals surface area contributed by atoms with Gasteiger partial charge in [0.05, 0.1) is 12.7 Å². The molecule has 0 radical (unpaired) electrons. The lowest BCUT2D eigenvalue weighted by Gasteiger charge is -2.25. The van der Waals surface area contributed by atoms with E-state index in [1.165, 1.54) is 11.3 Å². The molecule has 0 aliphatic heterocycles. The fourth-order valence-electron chi connectivity index (χ4n) is 2.64. The molecule has 0 fully saturated rings. The Morgan fingerprint density at radius 2 is 1.96 bits per heavy atom. The van der Waals surface area contributed by atoms with Crippen molar-refractivity contribution in [2.75, 3.05) is 26.8 Å². The standard InChI is InChI=1S/C19H28N2O2/c1-3-19(22)16-20(12-13-23-2)15-18-10-7-11-21(18)14-17-8-5-4-6-9-17/h4-11,19,22H,3,12-16H2,1-2H3. The van der Waals surface area contributed by atoms with Crippen molar-refractivity contribution in [3.8, 4) is 0 Å². The van der Waals surface area contributed by atoms with Crippen molar-refractivity contribution in [1.29, 1.82) is 0 Å². The van der Waals surface area contributed by atoms with Gasteiger partial charge < -0.3 is 14.4 Å². The third-order valence-corrected chi connectivity index (χ3v) is 4.06. The number of hydrogen-bond acceptors (Lipinski definition) is 3. The lowest BCUT2D eigenvalue weighted by atomic mass is 10.2. The highest BCUT2D eigenvalue weighted by molar-refractivity contribution is 5.17. The van der Waals surface area contributed by atoms with E-state index in [2.05, 4.69) is 52.1 Å². The Kier molecular flexibility index (Phi) is 7.33. The Balaban J connectivity index is 2.03. The lowest BCUT2D eigenvalue weighted by molar-refractivity contribution is 0.0818. The Labute approximate surface area is 139 Å². The first kappa shape index (κ1) is 17.7. The molecule has 4 nitrogen and oxygen atoms in total. The fourth-order valence-corrected chi connectivity index (χ4v) is 2.64. The van der Waals surface area contributed by atoms with Crippen LogP contribution in [0.3, 0.4) is 0 Å².